The summed E-state index contributed by atoms with van der Waals surface area (Å²) in [5, 5.41) is 12.1. The van der Waals surface area contributed by atoms with Crippen LogP contribution in [0.3, 0.4) is 0 Å². The first-order valence-corrected chi connectivity index (χ1v) is 9.87. The molecule has 1 heterocycles. The van der Waals surface area contributed by atoms with Crippen molar-refractivity contribution < 1.29 is 9.53 Å². The monoisotopic (exact) mass is 417 g/mol. The molecule has 0 atom stereocenters. The van der Waals surface area contributed by atoms with Crippen LogP contribution in [0, 0.1) is 0 Å². The Hall–Kier alpha value is -4.07. The van der Waals surface area contributed by atoms with Crippen molar-refractivity contribution in [2.24, 2.45) is 7.05 Å². The van der Waals surface area contributed by atoms with Crippen molar-refractivity contribution in [3.8, 4) is 17.1 Å². The standard InChI is InChI=1S/C23H23N5O3/c1-27-21(17-10-12-18(31-2)13-11-17)26-28(23(27)30)15-14-24-22(29)25-20-9-5-7-16-6-3-4-8-19(16)20/h3-13H,14-15H2,1-2H3,(H2,24,25,29). The maximum absolute atomic E-state index is 12.5. The second-order valence-corrected chi connectivity index (χ2v) is 7.02. The number of rotatable bonds is 6. The predicted molar refractivity (Wildman–Crippen MR) is 120 cm³/mol. The minimum Gasteiger partial charge on any atom is -0.497 e. The molecule has 0 radical (unpaired) electrons. The van der Waals surface area contributed by atoms with E-state index in [0.717, 1.165) is 27.8 Å². The van der Waals surface area contributed by atoms with E-state index in [0.29, 0.717) is 5.82 Å². The number of fused-ring (bicyclic) bond motifs is 1. The Labute approximate surface area is 179 Å². The number of anilines is 1. The minimum absolute atomic E-state index is 0.248. The summed E-state index contributed by atoms with van der Waals surface area (Å²) in [5.41, 5.74) is 1.29. The third kappa shape index (κ3) is 4.28. The Morgan fingerprint density at radius 2 is 1.77 bits per heavy atom. The molecule has 0 bridgehead atoms. The first-order chi connectivity index (χ1) is 15.1. The molecular weight excluding hydrogens is 394 g/mol. The average Bonchev–Trinajstić information content (AvgIpc) is 3.08. The Morgan fingerprint density at radius 1 is 1.03 bits per heavy atom. The molecule has 3 aromatic carbocycles. The zero-order chi connectivity index (χ0) is 21.8. The lowest BCUT2D eigenvalue weighted by molar-refractivity contribution is 0.251. The molecular formula is C23H23N5O3. The Morgan fingerprint density at radius 3 is 2.55 bits per heavy atom. The van der Waals surface area contributed by atoms with Gasteiger partial charge in [-0.05, 0) is 35.7 Å². The number of carbonyl (C=O) groups excluding carboxylic acids is 1. The molecule has 8 heteroatoms. The van der Waals surface area contributed by atoms with Crippen molar-refractivity contribution in [3.05, 3.63) is 77.2 Å². The molecule has 0 saturated carbocycles. The van der Waals surface area contributed by atoms with E-state index in [4.69, 9.17) is 4.74 Å². The normalized spacial score (nSPS) is 10.8. The molecule has 0 unspecified atom stereocenters. The van der Waals surface area contributed by atoms with Crippen molar-refractivity contribution in [3.63, 3.8) is 0 Å². The smallest absolute Gasteiger partial charge is 0.345 e. The van der Waals surface area contributed by atoms with Crippen LogP contribution in [0.4, 0.5) is 10.5 Å². The molecule has 2 amide bonds. The van der Waals surface area contributed by atoms with E-state index in [1.54, 1.807) is 14.2 Å². The van der Waals surface area contributed by atoms with Crippen LogP contribution in [0.1, 0.15) is 0 Å². The lowest BCUT2D eigenvalue weighted by atomic mass is 10.1. The molecule has 1 aromatic heterocycles. The van der Waals surface area contributed by atoms with Crippen LogP contribution < -0.4 is 21.1 Å². The van der Waals surface area contributed by atoms with Crippen LogP contribution in [0.2, 0.25) is 0 Å². The second-order valence-electron chi connectivity index (χ2n) is 7.02. The van der Waals surface area contributed by atoms with Gasteiger partial charge in [-0.25, -0.2) is 14.3 Å². The van der Waals surface area contributed by atoms with E-state index in [2.05, 4.69) is 15.7 Å². The summed E-state index contributed by atoms with van der Waals surface area (Å²) in [7, 11) is 3.27. The molecule has 0 saturated heterocycles. The molecule has 0 spiro atoms. The van der Waals surface area contributed by atoms with E-state index in [1.165, 1.54) is 9.25 Å². The topological polar surface area (TPSA) is 90.2 Å². The summed E-state index contributed by atoms with van der Waals surface area (Å²) in [6, 6.07) is 20.6. The van der Waals surface area contributed by atoms with Crippen molar-refractivity contribution in [2.45, 2.75) is 6.54 Å². The number of amides is 2. The van der Waals surface area contributed by atoms with Crippen LogP contribution in [0.5, 0.6) is 5.75 Å². The summed E-state index contributed by atoms with van der Waals surface area (Å²) in [6.45, 7) is 0.515. The van der Waals surface area contributed by atoms with Gasteiger partial charge in [0.2, 0.25) is 0 Å². The SMILES string of the molecule is COc1ccc(-c2nn(CCNC(=O)Nc3cccc4ccccc34)c(=O)n2C)cc1. The van der Waals surface area contributed by atoms with Gasteiger partial charge in [-0.1, -0.05) is 36.4 Å². The first-order valence-electron chi connectivity index (χ1n) is 9.87. The number of carbonyl (C=O) groups is 1. The fourth-order valence-corrected chi connectivity index (χ4v) is 3.40. The second kappa shape index (κ2) is 8.74. The quantitative estimate of drug-likeness (QED) is 0.504. The van der Waals surface area contributed by atoms with Gasteiger partial charge in [-0.3, -0.25) is 4.57 Å². The van der Waals surface area contributed by atoms with E-state index in [1.807, 2.05) is 66.7 Å². The molecule has 158 valence electrons. The van der Waals surface area contributed by atoms with Crippen molar-refractivity contribution in [1.29, 1.82) is 0 Å². The van der Waals surface area contributed by atoms with Crippen molar-refractivity contribution in [1.82, 2.24) is 19.7 Å². The number of hydrogen-bond donors (Lipinski definition) is 2. The summed E-state index contributed by atoms with van der Waals surface area (Å²) >= 11 is 0. The molecule has 31 heavy (non-hydrogen) atoms. The molecule has 4 aromatic rings. The molecule has 0 aliphatic carbocycles. The molecule has 0 aliphatic heterocycles. The van der Waals surface area contributed by atoms with E-state index >= 15 is 0 Å². The van der Waals surface area contributed by atoms with Gasteiger partial charge in [0.1, 0.15) is 5.75 Å². The van der Waals surface area contributed by atoms with Crippen LogP contribution >= 0.6 is 0 Å². The summed E-state index contributed by atoms with van der Waals surface area (Å²) in [4.78, 5) is 24.8. The number of benzene rings is 3. The third-order valence-electron chi connectivity index (χ3n) is 5.04. The highest BCUT2D eigenvalue weighted by Gasteiger charge is 2.12. The zero-order valence-corrected chi connectivity index (χ0v) is 17.3. The fraction of sp³-hybridized carbons (Fsp3) is 0.174. The number of aromatic nitrogens is 3. The van der Waals surface area contributed by atoms with Gasteiger partial charge in [0, 0.05) is 24.5 Å². The maximum atomic E-state index is 12.5. The van der Waals surface area contributed by atoms with Crippen LogP contribution in [0.25, 0.3) is 22.2 Å². The Bertz CT molecular complexity index is 1270. The molecule has 4 rings (SSSR count). The fourth-order valence-electron chi connectivity index (χ4n) is 3.40. The van der Waals surface area contributed by atoms with E-state index < -0.39 is 0 Å². The third-order valence-corrected chi connectivity index (χ3v) is 5.04. The highest BCUT2D eigenvalue weighted by Crippen LogP contribution is 2.22. The highest BCUT2D eigenvalue weighted by molar-refractivity contribution is 6.01. The number of urea groups is 1. The van der Waals surface area contributed by atoms with Gasteiger partial charge in [-0.15, -0.1) is 5.10 Å². The lowest BCUT2D eigenvalue weighted by Crippen LogP contribution is -2.34. The van der Waals surface area contributed by atoms with Crippen LogP contribution in [-0.4, -0.2) is 34.0 Å². The predicted octanol–water partition coefficient (Wildman–Crippen LogP) is 3.23. The first kappa shape index (κ1) is 20.2. The molecule has 0 aliphatic rings. The van der Waals surface area contributed by atoms with Crippen molar-refractivity contribution in [2.75, 3.05) is 19.0 Å². The molecule has 8 nitrogen and oxygen atoms in total. The summed E-state index contributed by atoms with van der Waals surface area (Å²) in [6.07, 6.45) is 0. The van der Waals surface area contributed by atoms with Gasteiger partial charge in [0.05, 0.1) is 19.3 Å². The van der Waals surface area contributed by atoms with E-state index in [-0.39, 0.29) is 24.8 Å². The highest BCUT2D eigenvalue weighted by atomic mass is 16.5. The van der Waals surface area contributed by atoms with Crippen molar-refractivity contribution >= 4 is 22.5 Å². The number of nitrogens with zero attached hydrogens (tertiary/aromatic N) is 3. The largest absolute Gasteiger partial charge is 0.497 e. The summed E-state index contributed by atoms with van der Waals surface area (Å²) in [5.74, 6) is 1.28. The maximum Gasteiger partial charge on any atom is 0.345 e. The minimum atomic E-state index is -0.337. The number of nitrogens with one attached hydrogen (secondary N) is 2. The van der Waals surface area contributed by atoms with E-state index in [9.17, 15) is 9.59 Å². The van der Waals surface area contributed by atoms with Gasteiger partial charge >= 0.3 is 11.7 Å². The van der Waals surface area contributed by atoms with Gasteiger partial charge in [0.15, 0.2) is 5.82 Å². The van der Waals surface area contributed by atoms with Gasteiger partial charge in [0.25, 0.3) is 0 Å². The van der Waals surface area contributed by atoms with Gasteiger partial charge in [-0.2, -0.15) is 0 Å². The van der Waals surface area contributed by atoms with Crippen LogP contribution in [-0.2, 0) is 13.6 Å². The number of hydrogen-bond acceptors (Lipinski definition) is 4. The molecule has 0 fully saturated rings. The molecule has 2 N–H and O–H groups in total. The number of methoxy groups -OCH3 is 1. The van der Waals surface area contributed by atoms with Gasteiger partial charge < -0.3 is 15.4 Å². The lowest BCUT2D eigenvalue weighted by Gasteiger charge is -2.10. The summed E-state index contributed by atoms with van der Waals surface area (Å²) < 4.78 is 7.99. The average molecular weight is 417 g/mol. The number of ether oxygens (including phenoxy) is 1. The Balaban J connectivity index is 1.40. The Kier molecular flexibility index (Phi) is 5.70. The van der Waals surface area contributed by atoms with Crippen LogP contribution in [0.15, 0.2) is 71.5 Å². The zero-order valence-electron chi connectivity index (χ0n) is 17.3.